The van der Waals surface area contributed by atoms with E-state index in [0.717, 1.165) is 24.6 Å². The number of benzene rings is 1. The highest BCUT2D eigenvalue weighted by Gasteiger charge is 2.22. The number of fused-ring (bicyclic) bond motifs is 1. The third-order valence-corrected chi connectivity index (χ3v) is 3.79. The van der Waals surface area contributed by atoms with Crippen LogP contribution >= 0.6 is 12.6 Å². The second-order valence-corrected chi connectivity index (χ2v) is 5.46. The number of aromatic nitrogens is 1. The molecule has 4 nitrogen and oxygen atoms in total. The minimum atomic E-state index is 0.00897. The Balaban J connectivity index is 1.81. The number of amides is 1. The molecule has 5 heteroatoms. The number of nitrogens with zero attached hydrogens (tertiary/aromatic N) is 2. The Hall–Kier alpha value is -2.01. The molecule has 108 valence electrons. The van der Waals surface area contributed by atoms with Crippen molar-refractivity contribution in [3.63, 3.8) is 0 Å². The summed E-state index contributed by atoms with van der Waals surface area (Å²) in [6.45, 7) is 1.59. The van der Waals surface area contributed by atoms with Gasteiger partial charge in [0.2, 0.25) is 5.91 Å². The van der Waals surface area contributed by atoms with E-state index in [2.05, 4.69) is 33.9 Å². The predicted octanol–water partition coefficient (Wildman–Crippen LogP) is 2.86. The van der Waals surface area contributed by atoms with Crippen LogP contribution in [0.25, 0.3) is 0 Å². The van der Waals surface area contributed by atoms with Gasteiger partial charge in [-0.1, -0.05) is 18.2 Å². The molecular weight excluding hydrogens is 282 g/mol. The molecule has 1 amide bonds. The van der Waals surface area contributed by atoms with Crippen molar-refractivity contribution >= 4 is 30.0 Å². The molecule has 0 spiro atoms. The molecule has 0 bridgehead atoms. The first kappa shape index (κ1) is 13.9. The van der Waals surface area contributed by atoms with Gasteiger partial charge in [-0.15, -0.1) is 0 Å². The zero-order valence-electron chi connectivity index (χ0n) is 11.6. The van der Waals surface area contributed by atoms with Crippen LogP contribution in [0.4, 0.5) is 11.5 Å². The molecule has 0 radical (unpaired) electrons. The number of thiol groups is 1. The zero-order valence-corrected chi connectivity index (χ0v) is 12.5. The van der Waals surface area contributed by atoms with Crippen molar-refractivity contribution in [3.8, 4) is 0 Å². The van der Waals surface area contributed by atoms with Crippen LogP contribution in [0.1, 0.15) is 17.5 Å². The maximum Gasteiger partial charge on any atom is 0.225 e. The fourth-order valence-corrected chi connectivity index (χ4v) is 2.76. The van der Waals surface area contributed by atoms with Gasteiger partial charge in [0.15, 0.2) is 0 Å². The lowest BCUT2D eigenvalue weighted by Crippen LogP contribution is -2.16. The first-order chi connectivity index (χ1) is 10.3. The molecule has 2 aromatic rings. The Bertz CT molecular complexity index is 645. The predicted molar refractivity (Wildman–Crippen MR) is 87.7 cm³/mol. The van der Waals surface area contributed by atoms with Crippen LogP contribution in [-0.4, -0.2) is 16.6 Å². The van der Waals surface area contributed by atoms with E-state index in [0.29, 0.717) is 12.2 Å². The maximum atomic E-state index is 11.8. The van der Waals surface area contributed by atoms with Crippen LogP contribution in [0, 0.1) is 0 Å². The standard InChI is InChI=1S/C16H17N3OS/c20-16(7-9-21)18-14-5-3-4-12-10-19(11-13(12)14)15-6-1-2-8-17-15/h1-6,8,21H,7,9-11H2,(H,18,20). The molecule has 0 saturated heterocycles. The minimum Gasteiger partial charge on any atom is -0.348 e. The summed E-state index contributed by atoms with van der Waals surface area (Å²) in [5, 5.41) is 2.98. The van der Waals surface area contributed by atoms with Crippen molar-refractivity contribution in [2.45, 2.75) is 19.5 Å². The first-order valence-corrected chi connectivity index (χ1v) is 7.58. The normalized spacial score (nSPS) is 13.1. The highest BCUT2D eigenvalue weighted by Crippen LogP contribution is 2.31. The van der Waals surface area contributed by atoms with E-state index in [1.807, 2.05) is 30.3 Å². The van der Waals surface area contributed by atoms with Crippen molar-refractivity contribution in [3.05, 3.63) is 53.7 Å². The van der Waals surface area contributed by atoms with Gasteiger partial charge in [0.05, 0.1) is 0 Å². The van der Waals surface area contributed by atoms with E-state index in [4.69, 9.17) is 0 Å². The van der Waals surface area contributed by atoms with Crippen LogP contribution in [0.2, 0.25) is 0 Å². The fraction of sp³-hybridized carbons (Fsp3) is 0.250. The summed E-state index contributed by atoms with van der Waals surface area (Å²) in [5.41, 5.74) is 3.32. The van der Waals surface area contributed by atoms with Crippen molar-refractivity contribution in [2.24, 2.45) is 0 Å². The summed E-state index contributed by atoms with van der Waals surface area (Å²) >= 11 is 4.09. The molecular formula is C16H17N3OS. The van der Waals surface area contributed by atoms with Gasteiger partial charge < -0.3 is 10.2 Å². The number of carbonyl (C=O) groups is 1. The molecule has 0 aliphatic carbocycles. The summed E-state index contributed by atoms with van der Waals surface area (Å²) < 4.78 is 0. The molecule has 1 aliphatic heterocycles. The van der Waals surface area contributed by atoms with Gasteiger partial charge >= 0.3 is 0 Å². The molecule has 3 rings (SSSR count). The van der Waals surface area contributed by atoms with Crippen molar-refractivity contribution in [1.82, 2.24) is 4.98 Å². The van der Waals surface area contributed by atoms with E-state index in [1.54, 1.807) is 6.20 Å². The lowest BCUT2D eigenvalue weighted by atomic mass is 10.1. The number of hydrogen-bond acceptors (Lipinski definition) is 4. The summed E-state index contributed by atoms with van der Waals surface area (Å²) in [6, 6.07) is 11.9. The average Bonchev–Trinajstić information content (AvgIpc) is 2.94. The first-order valence-electron chi connectivity index (χ1n) is 6.95. The van der Waals surface area contributed by atoms with E-state index >= 15 is 0 Å². The second-order valence-electron chi connectivity index (χ2n) is 5.01. The van der Waals surface area contributed by atoms with Crippen LogP contribution in [-0.2, 0) is 17.9 Å². The number of pyridine rings is 1. The van der Waals surface area contributed by atoms with Crippen LogP contribution < -0.4 is 10.2 Å². The van der Waals surface area contributed by atoms with Crippen molar-refractivity contribution < 1.29 is 4.79 Å². The van der Waals surface area contributed by atoms with Gasteiger partial charge in [-0.3, -0.25) is 4.79 Å². The topological polar surface area (TPSA) is 45.2 Å². The molecule has 0 fully saturated rings. The van der Waals surface area contributed by atoms with Crippen molar-refractivity contribution in [1.29, 1.82) is 0 Å². The molecule has 0 unspecified atom stereocenters. The van der Waals surface area contributed by atoms with Gasteiger partial charge in [0.25, 0.3) is 0 Å². The Morgan fingerprint density at radius 1 is 1.24 bits per heavy atom. The Labute approximate surface area is 129 Å². The number of rotatable bonds is 4. The highest BCUT2D eigenvalue weighted by atomic mass is 32.1. The van der Waals surface area contributed by atoms with Gasteiger partial charge in [0, 0.05) is 31.4 Å². The van der Waals surface area contributed by atoms with E-state index in [1.165, 1.54) is 11.1 Å². The summed E-state index contributed by atoms with van der Waals surface area (Å²) in [5.74, 6) is 1.53. The summed E-state index contributed by atoms with van der Waals surface area (Å²) in [7, 11) is 0. The third-order valence-electron chi connectivity index (χ3n) is 3.57. The Morgan fingerprint density at radius 3 is 2.90 bits per heavy atom. The van der Waals surface area contributed by atoms with Crippen molar-refractivity contribution in [2.75, 3.05) is 16.0 Å². The molecule has 21 heavy (non-hydrogen) atoms. The Kier molecular flexibility index (Phi) is 4.10. The molecule has 2 heterocycles. The van der Waals surface area contributed by atoms with Gasteiger partial charge in [-0.05, 0) is 35.1 Å². The van der Waals surface area contributed by atoms with E-state index < -0.39 is 0 Å². The number of anilines is 2. The summed E-state index contributed by atoms with van der Waals surface area (Å²) in [4.78, 5) is 18.4. The zero-order chi connectivity index (χ0) is 14.7. The highest BCUT2D eigenvalue weighted by molar-refractivity contribution is 7.80. The summed E-state index contributed by atoms with van der Waals surface area (Å²) in [6.07, 6.45) is 2.23. The lowest BCUT2D eigenvalue weighted by molar-refractivity contribution is -0.115. The maximum absolute atomic E-state index is 11.8. The molecule has 0 saturated carbocycles. The minimum absolute atomic E-state index is 0.00897. The largest absolute Gasteiger partial charge is 0.348 e. The Morgan fingerprint density at radius 2 is 2.14 bits per heavy atom. The molecule has 0 atom stereocenters. The monoisotopic (exact) mass is 299 g/mol. The lowest BCUT2D eigenvalue weighted by Gasteiger charge is -2.16. The van der Waals surface area contributed by atoms with Gasteiger partial charge in [-0.25, -0.2) is 4.98 Å². The molecule has 1 N–H and O–H groups in total. The third kappa shape index (κ3) is 3.03. The fourth-order valence-electron chi connectivity index (χ4n) is 2.56. The van der Waals surface area contributed by atoms with Gasteiger partial charge in [-0.2, -0.15) is 12.6 Å². The number of nitrogens with one attached hydrogen (secondary N) is 1. The quantitative estimate of drug-likeness (QED) is 0.853. The van der Waals surface area contributed by atoms with E-state index in [-0.39, 0.29) is 5.91 Å². The van der Waals surface area contributed by atoms with Crippen LogP contribution in [0.15, 0.2) is 42.6 Å². The second kappa shape index (κ2) is 6.18. The van der Waals surface area contributed by atoms with Crippen LogP contribution in [0.3, 0.4) is 0 Å². The molecule has 1 aromatic heterocycles. The smallest absolute Gasteiger partial charge is 0.225 e. The average molecular weight is 299 g/mol. The SMILES string of the molecule is O=C(CCS)Nc1cccc2c1CN(c1ccccn1)C2. The molecule has 1 aromatic carbocycles. The van der Waals surface area contributed by atoms with Gasteiger partial charge in [0.1, 0.15) is 5.82 Å². The van der Waals surface area contributed by atoms with E-state index in [9.17, 15) is 4.79 Å². The number of carbonyl (C=O) groups excluding carboxylic acids is 1. The molecule has 1 aliphatic rings. The van der Waals surface area contributed by atoms with Crippen LogP contribution in [0.5, 0.6) is 0 Å². The number of hydrogen-bond donors (Lipinski definition) is 2.